The number of sulfonamides is 1. The number of ether oxygens (including phenoxy) is 1. The van der Waals surface area contributed by atoms with Gasteiger partial charge in [0.1, 0.15) is 5.75 Å². The van der Waals surface area contributed by atoms with Gasteiger partial charge in [0.05, 0.1) is 34.0 Å². The van der Waals surface area contributed by atoms with Crippen molar-refractivity contribution in [2.75, 3.05) is 17.1 Å². The van der Waals surface area contributed by atoms with Crippen molar-refractivity contribution in [3.05, 3.63) is 81.3 Å². The minimum absolute atomic E-state index is 0.0355. The second-order valence-electron chi connectivity index (χ2n) is 6.86. The van der Waals surface area contributed by atoms with Gasteiger partial charge in [-0.25, -0.2) is 8.42 Å². The Morgan fingerprint density at radius 3 is 2.35 bits per heavy atom. The molecule has 0 unspecified atom stereocenters. The molecule has 6 nitrogen and oxygen atoms in total. The van der Waals surface area contributed by atoms with Crippen LogP contribution in [0, 0.1) is 13.8 Å². The van der Waals surface area contributed by atoms with Crippen molar-refractivity contribution < 1.29 is 17.9 Å². The Bertz CT molecular complexity index is 1260. The molecule has 0 radical (unpaired) electrons. The van der Waals surface area contributed by atoms with Gasteiger partial charge in [-0.2, -0.15) is 0 Å². The monoisotopic (exact) mass is 478 g/mol. The van der Waals surface area contributed by atoms with E-state index in [1.807, 2.05) is 26.0 Å². The number of rotatable bonds is 6. The number of anilines is 2. The SMILES string of the molecule is COc1ccc(S(=O)(=O)Nc2cc(C)ccc2C)cc1NC(=O)c1ccc(Cl)cc1Cl. The highest BCUT2D eigenvalue weighted by Crippen LogP contribution is 2.30. The highest BCUT2D eigenvalue weighted by Gasteiger charge is 2.20. The lowest BCUT2D eigenvalue weighted by Crippen LogP contribution is -2.16. The van der Waals surface area contributed by atoms with Crippen LogP contribution in [0.3, 0.4) is 0 Å². The summed E-state index contributed by atoms with van der Waals surface area (Å²) in [4.78, 5) is 12.7. The zero-order valence-corrected chi connectivity index (χ0v) is 19.3. The Hall–Kier alpha value is -2.74. The fourth-order valence-corrected chi connectivity index (χ4v) is 4.51. The molecule has 0 aliphatic carbocycles. The van der Waals surface area contributed by atoms with E-state index in [4.69, 9.17) is 27.9 Å². The quantitative estimate of drug-likeness (QED) is 0.477. The third-order valence-electron chi connectivity index (χ3n) is 4.54. The maximum atomic E-state index is 13.0. The summed E-state index contributed by atoms with van der Waals surface area (Å²) >= 11 is 12.0. The molecule has 0 atom stereocenters. The van der Waals surface area contributed by atoms with Crippen molar-refractivity contribution in [3.63, 3.8) is 0 Å². The van der Waals surface area contributed by atoms with E-state index in [9.17, 15) is 13.2 Å². The first-order valence-electron chi connectivity index (χ1n) is 9.15. The molecule has 0 saturated heterocycles. The summed E-state index contributed by atoms with van der Waals surface area (Å²) in [5.74, 6) is -0.235. The fourth-order valence-electron chi connectivity index (χ4n) is 2.86. The van der Waals surface area contributed by atoms with Crippen LogP contribution in [0.1, 0.15) is 21.5 Å². The molecule has 0 bridgehead atoms. The molecule has 3 rings (SSSR count). The van der Waals surface area contributed by atoms with Gasteiger partial charge in [0.2, 0.25) is 0 Å². The molecule has 3 aromatic carbocycles. The molecule has 0 fully saturated rings. The van der Waals surface area contributed by atoms with Crippen LogP contribution < -0.4 is 14.8 Å². The molecule has 0 aromatic heterocycles. The first kappa shape index (κ1) is 22.9. The highest BCUT2D eigenvalue weighted by atomic mass is 35.5. The summed E-state index contributed by atoms with van der Waals surface area (Å²) in [7, 11) is -2.50. The summed E-state index contributed by atoms with van der Waals surface area (Å²) in [6.45, 7) is 3.69. The van der Waals surface area contributed by atoms with Crippen molar-refractivity contribution in [1.82, 2.24) is 0 Å². The predicted molar refractivity (Wildman–Crippen MR) is 124 cm³/mol. The molecule has 0 aliphatic rings. The third-order valence-corrected chi connectivity index (χ3v) is 6.45. The van der Waals surface area contributed by atoms with Gasteiger partial charge >= 0.3 is 0 Å². The van der Waals surface area contributed by atoms with Gasteiger partial charge in [0, 0.05) is 5.02 Å². The smallest absolute Gasteiger partial charge is 0.261 e. The van der Waals surface area contributed by atoms with Gasteiger partial charge in [0.25, 0.3) is 15.9 Å². The summed E-state index contributed by atoms with van der Waals surface area (Å²) in [5, 5.41) is 3.22. The van der Waals surface area contributed by atoms with E-state index in [2.05, 4.69) is 10.0 Å². The standard InChI is InChI=1S/C22H20Cl2N2O4S/c1-13-4-5-14(2)19(10-13)26-31(28,29)16-7-9-21(30-3)20(12-16)25-22(27)17-8-6-15(23)11-18(17)24/h4-12,26H,1-3H3,(H,25,27). The Morgan fingerprint density at radius 2 is 1.68 bits per heavy atom. The second kappa shape index (κ2) is 9.18. The third kappa shape index (κ3) is 5.31. The molecule has 31 heavy (non-hydrogen) atoms. The Balaban J connectivity index is 1.94. The average molecular weight is 479 g/mol. The van der Waals surface area contributed by atoms with Crippen LogP contribution >= 0.6 is 23.2 Å². The van der Waals surface area contributed by atoms with E-state index >= 15 is 0 Å². The summed E-state index contributed by atoms with van der Waals surface area (Å²) in [5.41, 5.74) is 2.56. The number of amides is 1. The van der Waals surface area contributed by atoms with Crippen LogP contribution in [0.25, 0.3) is 0 Å². The van der Waals surface area contributed by atoms with E-state index in [-0.39, 0.29) is 21.2 Å². The van der Waals surface area contributed by atoms with Crippen molar-refractivity contribution in [3.8, 4) is 5.75 Å². The fraction of sp³-hybridized carbons (Fsp3) is 0.136. The second-order valence-corrected chi connectivity index (χ2v) is 9.39. The number of carbonyl (C=O) groups excluding carboxylic acids is 1. The Labute approximate surface area is 191 Å². The lowest BCUT2D eigenvalue weighted by atomic mass is 10.1. The lowest BCUT2D eigenvalue weighted by Gasteiger charge is -2.15. The number of nitrogens with one attached hydrogen (secondary N) is 2. The van der Waals surface area contributed by atoms with Crippen molar-refractivity contribution in [2.24, 2.45) is 0 Å². The van der Waals surface area contributed by atoms with Gasteiger partial charge in [-0.1, -0.05) is 35.3 Å². The molecule has 0 aliphatic heterocycles. The zero-order chi connectivity index (χ0) is 22.8. The maximum Gasteiger partial charge on any atom is 0.261 e. The van der Waals surface area contributed by atoms with Crippen molar-refractivity contribution >= 4 is 50.5 Å². The number of halogens is 2. The predicted octanol–water partition coefficient (Wildman–Crippen LogP) is 5.67. The van der Waals surface area contributed by atoms with E-state index in [0.29, 0.717) is 16.5 Å². The van der Waals surface area contributed by atoms with Crippen LogP contribution in [-0.2, 0) is 10.0 Å². The van der Waals surface area contributed by atoms with Crippen LogP contribution in [0.2, 0.25) is 10.0 Å². The van der Waals surface area contributed by atoms with Gasteiger partial charge < -0.3 is 10.1 Å². The first-order valence-corrected chi connectivity index (χ1v) is 11.4. The summed E-state index contributed by atoms with van der Waals surface area (Å²) < 4.78 is 33.8. The van der Waals surface area contributed by atoms with Crippen LogP contribution in [0.5, 0.6) is 5.75 Å². The maximum absolute atomic E-state index is 13.0. The van der Waals surface area contributed by atoms with Gasteiger partial charge in [-0.3, -0.25) is 9.52 Å². The highest BCUT2D eigenvalue weighted by molar-refractivity contribution is 7.92. The number of carbonyl (C=O) groups is 1. The normalized spacial score (nSPS) is 11.1. The minimum atomic E-state index is -3.91. The van der Waals surface area contributed by atoms with E-state index < -0.39 is 15.9 Å². The number of aryl methyl sites for hydroxylation is 2. The van der Waals surface area contributed by atoms with Crippen molar-refractivity contribution in [1.29, 1.82) is 0 Å². The molecule has 0 spiro atoms. The minimum Gasteiger partial charge on any atom is -0.495 e. The van der Waals surface area contributed by atoms with E-state index in [0.717, 1.165) is 11.1 Å². The molecule has 0 heterocycles. The van der Waals surface area contributed by atoms with Crippen LogP contribution in [0.15, 0.2) is 59.5 Å². The number of methoxy groups -OCH3 is 1. The van der Waals surface area contributed by atoms with Crippen molar-refractivity contribution in [2.45, 2.75) is 18.7 Å². The first-order chi connectivity index (χ1) is 14.6. The van der Waals surface area contributed by atoms with Gasteiger partial charge in [-0.05, 0) is 67.4 Å². The zero-order valence-electron chi connectivity index (χ0n) is 17.0. The summed E-state index contributed by atoms with van der Waals surface area (Å²) in [6, 6.07) is 14.1. The number of hydrogen-bond acceptors (Lipinski definition) is 4. The molecule has 0 saturated carbocycles. The Kier molecular flexibility index (Phi) is 6.79. The summed E-state index contributed by atoms with van der Waals surface area (Å²) in [6.07, 6.45) is 0. The molecule has 2 N–H and O–H groups in total. The molecule has 3 aromatic rings. The molecular weight excluding hydrogens is 459 g/mol. The molecule has 162 valence electrons. The molecule has 9 heteroatoms. The van der Waals surface area contributed by atoms with Crippen LogP contribution in [-0.4, -0.2) is 21.4 Å². The Morgan fingerprint density at radius 1 is 0.935 bits per heavy atom. The van der Waals surface area contributed by atoms with E-state index in [1.54, 1.807) is 6.07 Å². The topological polar surface area (TPSA) is 84.5 Å². The number of hydrogen-bond donors (Lipinski definition) is 2. The number of benzene rings is 3. The van der Waals surface area contributed by atoms with E-state index in [1.165, 1.54) is 43.5 Å². The molecular formula is C22H20Cl2N2O4S. The van der Waals surface area contributed by atoms with Gasteiger partial charge in [0.15, 0.2) is 0 Å². The average Bonchev–Trinajstić information content (AvgIpc) is 2.70. The molecule has 1 amide bonds. The largest absolute Gasteiger partial charge is 0.495 e. The van der Waals surface area contributed by atoms with Gasteiger partial charge in [-0.15, -0.1) is 0 Å². The lowest BCUT2D eigenvalue weighted by molar-refractivity contribution is 0.102. The van der Waals surface area contributed by atoms with Crippen LogP contribution in [0.4, 0.5) is 11.4 Å².